The van der Waals surface area contributed by atoms with Gasteiger partial charge in [-0.15, -0.1) is 0 Å². The zero-order valence-corrected chi connectivity index (χ0v) is 10.3. The molecule has 0 aromatic carbocycles. The molecule has 1 atom stereocenters. The molecule has 1 rings (SSSR count). The third kappa shape index (κ3) is 4.48. The van der Waals surface area contributed by atoms with Crippen LogP contribution in [0.4, 0.5) is 0 Å². The molecule has 1 unspecified atom stereocenters. The monoisotopic (exact) mass is 226 g/mol. The summed E-state index contributed by atoms with van der Waals surface area (Å²) in [5.74, 6) is 0. The lowest BCUT2D eigenvalue weighted by atomic mass is 10.0. The molecular formula is C12H22N2O2. The molecule has 0 radical (unpaired) electrons. The molecule has 4 heteroatoms. The first-order valence-corrected chi connectivity index (χ1v) is 6.06. The Hall–Kier alpha value is -0.630. The summed E-state index contributed by atoms with van der Waals surface area (Å²) in [6, 6.07) is 2.30. The van der Waals surface area contributed by atoms with Gasteiger partial charge in [-0.25, -0.2) is 0 Å². The molecule has 1 aliphatic heterocycles. The highest BCUT2D eigenvalue weighted by molar-refractivity contribution is 5.03. The maximum Gasteiger partial charge on any atom is 0.106 e. The standard InChI is InChI=1S/C12H22N2O2/c1-3-14-12(2,10-13)6-9-16-11-4-7-15-8-5-11/h11,14H,3-9H2,1-2H3. The minimum absolute atomic E-state index is 0.318. The Morgan fingerprint density at radius 3 is 2.75 bits per heavy atom. The molecule has 0 bridgehead atoms. The molecule has 0 spiro atoms. The summed E-state index contributed by atoms with van der Waals surface area (Å²) in [7, 11) is 0. The van der Waals surface area contributed by atoms with E-state index in [-0.39, 0.29) is 0 Å². The van der Waals surface area contributed by atoms with Gasteiger partial charge in [0.15, 0.2) is 0 Å². The van der Waals surface area contributed by atoms with Crippen LogP contribution in [0.3, 0.4) is 0 Å². The molecule has 0 amide bonds. The predicted octanol–water partition coefficient (Wildman–Crippen LogP) is 1.46. The molecule has 1 heterocycles. The summed E-state index contributed by atoms with van der Waals surface area (Å²) in [5, 5.41) is 12.2. The van der Waals surface area contributed by atoms with Crippen LogP contribution in [0.25, 0.3) is 0 Å². The normalized spacial score (nSPS) is 21.3. The Morgan fingerprint density at radius 1 is 1.50 bits per heavy atom. The quantitative estimate of drug-likeness (QED) is 0.745. The van der Waals surface area contributed by atoms with Crippen molar-refractivity contribution < 1.29 is 9.47 Å². The molecule has 92 valence electrons. The van der Waals surface area contributed by atoms with Gasteiger partial charge in [-0.3, -0.25) is 5.32 Å². The van der Waals surface area contributed by atoms with Gasteiger partial charge in [0.25, 0.3) is 0 Å². The van der Waals surface area contributed by atoms with E-state index < -0.39 is 5.54 Å². The van der Waals surface area contributed by atoms with E-state index in [1.807, 2.05) is 13.8 Å². The molecule has 4 nitrogen and oxygen atoms in total. The van der Waals surface area contributed by atoms with Crippen molar-refractivity contribution in [1.82, 2.24) is 5.32 Å². The number of ether oxygens (including phenoxy) is 2. The van der Waals surface area contributed by atoms with Gasteiger partial charge in [-0.2, -0.15) is 5.26 Å². The molecule has 1 fully saturated rings. The molecule has 0 aliphatic carbocycles. The first-order valence-electron chi connectivity index (χ1n) is 6.06. The van der Waals surface area contributed by atoms with Crippen LogP contribution >= 0.6 is 0 Å². The van der Waals surface area contributed by atoms with Crippen LogP contribution < -0.4 is 5.32 Å². The fourth-order valence-electron chi connectivity index (χ4n) is 1.85. The highest BCUT2D eigenvalue weighted by atomic mass is 16.5. The summed E-state index contributed by atoms with van der Waals surface area (Å²) < 4.78 is 11.0. The van der Waals surface area contributed by atoms with E-state index in [1.165, 1.54) is 0 Å². The van der Waals surface area contributed by atoms with E-state index >= 15 is 0 Å². The summed E-state index contributed by atoms with van der Waals surface area (Å²) >= 11 is 0. The van der Waals surface area contributed by atoms with Crippen LogP contribution in [0.15, 0.2) is 0 Å². The van der Waals surface area contributed by atoms with Gasteiger partial charge in [0.1, 0.15) is 5.54 Å². The van der Waals surface area contributed by atoms with E-state index in [4.69, 9.17) is 14.7 Å². The SMILES string of the molecule is CCNC(C)(C#N)CCOC1CCOCC1. The zero-order valence-electron chi connectivity index (χ0n) is 10.3. The van der Waals surface area contributed by atoms with Crippen molar-refractivity contribution in [2.24, 2.45) is 0 Å². The highest BCUT2D eigenvalue weighted by Crippen LogP contribution is 2.13. The highest BCUT2D eigenvalue weighted by Gasteiger charge is 2.23. The Labute approximate surface area is 97.9 Å². The lowest BCUT2D eigenvalue weighted by Gasteiger charge is -2.26. The van der Waals surface area contributed by atoms with Crippen LogP contribution in [-0.2, 0) is 9.47 Å². The van der Waals surface area contributed by atoms with Crippen molar-refractivity contribution in [3.63, 3.8) is 0 Å². The maximum absolute atomic E-state index is 9.07. The summed E-state index contributed by atoms with van der Waals surface area (Å²) in [6.07, 6.45) is 3.00. The number of rotatable bonds is 6. The number of nitrogens with one attached hydrogen (secondary N) is 1. The van der Waals surface area contributed by atoms with Crippen LogP contribution in [0, 0.1) is 11.3 Å². The third-order valence-electron chi connectivity index (χ3n) is 2.94. The van der Waals surface area contributed by atoms with Crippen molar-refractivity contribution in [2.75, 3.05) is 26.4 Å². The van der Waals surface area contributed by atoms with Gasteiger partial charge in [-0.05, 0) is 26.3 Å². The minimum Gasteiger partial charge on any atom is -0.381 e. The van der Waals surface area contributed by atoms with E-state index in [9.17, 15) is 0 Å². The number of nitrogens with zero attached hydrogens (tertiary/aromatic N) is 1. The Bertz CT molecular complexity index is 234. The summed E-state index contributed by atoms with van der Waals surface area (Å²) in [4.78, 5) is 0. The van der Waals surface area contributed by atoms with Gasteiger partial charge in [0, 0.05) is 26.2 Å². The van der Waals surface area contributed by atoms with E-state index in [0.29, 0.717) is 12.7 Å². The summed E-state index contributed by atoms with van der Waals surface area (Å²) in [6.45, 7) is 6.97. The van der Waals surface area contributed by atoms with Crippen LogP contribution in [-0.4, -0.2) is 38.0 Å². The van der Waals surface area contributed by atoms with Crippen molar-refractivity contribution in [3.8, 4) is 6.07 Å². The second-order valence-electron chi connectivity index (χ2n) is 4.41. The first kappa shape index (κ1) is 13.4. The van der Waals surface area contributed by atoms with Crippen molar-refractivity contribution in [2.45, 2.75) is 44.8 Å². The average Bonchev–Trinajstić information content (AvgIpc) is 2.31. The van der Waals surface area contributed by atoms with Gasteiger partial charge in [-0.1, -0.05) is 6.92 Å². The van der Waals surface area contributed by atoms with Crippen molar-refractivity contribution >= 4 is 0 Å². The Kier molecular flexibility index (Phi) is 5.75. The largest absolute Gasteiger partial charge is 0.381 e. The second-order valence-corrected chi connectivity index (χ2v) is 4.41. The minimum atomic E-state index is -0.458. The molecule has 16 heavy (non-hydrogen) atoms. The maximum atomic E-state index is 9.07. The lowest BCUT2D eigenvalue weighted by molar-refractivity contribution is -0.0351. The molecule has 0 aromatic heterocycles. The number of nitriles is 1. The number of hydrogen-bond donors (Lipinski definition) is 1. The smallest absolute Gasteiger partial charge is 0.106 e. The van der Waals surface area contributed by atoms with E-state index in [0.717, 1.165) is 39.0 Å². The van der Waals surface area contributed by atoms with E-state index in [1.54, 1.807) is 0 Å². The van der Waals surface area contributed by atoms with E-state index in [2.05, 4.69) is 11.4 Å². The fourth-order valence-corrected chi connectivity index (χ4v) is 1.85. The van der Waals surface area contributed by atoms with Crippen LogP contribution in [0.5, 0.6) is 0 Å². The second kappa shape index (κ2) is 6.85. The summed E-state index contributed by atoms with van der Waals surface area (Å²) in [5.41, 5.74) is -0.458. The van der Waals surface area contributed by atoms with Crippen molar-refractivity contribution in [3.05, 3.63) is 0 Å². The van der Waals surface area contributed by atoms with Crippen LogP contribution in [0.1, 0.15) is 33.1 Å². The fraction of sp³-hybridized carbons (Fsp3) is 0.917. The van der Waals surface area contributed by atoms with Crippen LogP contribution in [0.2, 0.25) is 0 Å². The predicted molar refractivity (Wildman–Crippen MR) is 62.1 cm³/mol. The van der Waals surface area contributed by atoms with Gasteiger partial charge < -0.3 is 9.47 Å². The molecule has 0 saturated carbocycles. The van der Waals surface area contributed by atoms with Gasteiger partial charge in [0.05, 0.1) is 12.2 Å². The molecule has 1 saturated heterocycles. The third-order valence-corrected chi connectivity index (χ3v) is 2.94. The number of hydrogen-bond acceptors (Lipinski definition) is 4. The van der Waals surface area contributed by atoms with Crippen molar-refractivity contribution in [1.29, 1.82) is 5.26 Å². The molecule has 1 N–H and O–H groups in total. The lowest BCUT2D eigenvalue weighted by Crippen LogP contribution is -2.42. The molecular weight excluding hydrogens is 204 g/mol. The average molecular weight is 226 g/mol. The Balaban J connectivity index is 2.20. The zero-order chi connectivity index (χ0) is 11.9. The Morgan fingerprint density at radius 2 is 2.19 bits per heavy atom. The molecule has 0 aromatic rings. The van der Waals surface area contributed by atoms with Gasteiger partial charge in [0.2, 0.25) is 0 Å². The topological polar surface area (TPSA) is 54.3 Å². The van der Waals surface area contributed by atoms with Gasteiger partial charge >= 0.3 is 0 Å². The molecule has 1 aliphatic rings. The first-order chi connectivity index (χ1) is 7.70.